The normalized spacial score (nSPS) is 10.4. The van der Waals surface area contributed by atoms with Gasteiger partial charge in [-0.25, -0.2) is 9.78 Å². The number of halogens is 1. The van der Waals surface area contributed by atoms with Gasteiger partial charge in [0.15, 0.2) is 5.69 Å². The minimum absolute atomic E-state index is 0.351. The molecule has 0 atom stereocenters. The quantitative estimate of drug-likeness (QED) is 0.588. The van der Waals surface area contributed by atoms with Crippen LogP contribution in [0.1, 0.15) is 22.4 Å². The van der Waals surface area contributed by atoms with E-state index in [9.17, 15) is 4.79 Å². The van der Waals surface area contributed by atoms with Gasteiger partial charge in [-0.3, -0.25) is 0 Å². The van der Waals surface area contributed by atoms with Crippen molar-refractivity contribution in [1.82, 2.24) is 4.98 Å². The summed E-state index contributed by atoms with van der Waals surface area (Å²) in [6, 6.07) is 8.04. The molecule has 0 radical (unpaired) electrons. The zero-order valence-corrected chi connectivity index (χ0v) is 13.5. The third-order valence-corrected chi connectivity index (χ3v) is 5.29. The number of hydrogen-bond donors (Lipinski definition) is 0. The topological polar surface area (TPSA) is 39.2 Å². The summed E-state index contributed by atoms with van der Waals surface area (Å²) in [5, 5.41) is 2.66. The number of benzene rings is 1. The van der Waals surface area contributed by atoms with Crippen LogP contribution < -0.4 is 0 Å². The second-order valence-electron chi connectivity index (χ2n) is 3.57. The van der Waals surface area contributed by atoms with Crippen molar-refractivity contribution in [3.63, 3.8) is 0 Å². The Bertz CT molecular complexity index is 571. The highest BCUT2D eigenvalue weighted by atomic mass is 79.9. The molecule has 0 fully saturated rings. The fourth-order valence-corrected chi connectivity index (χ4v) is 3.73. The molecule has 1 aromatic carbocycles. The van der Waals surface area contributed by atoms with Gasteiger partial charge >= 0.3 is 5.97 Å². The van der Waals surface area contributed by atoms with Crippen molar-refractivity contribution in [3.8, 4) is 0 Å². The monoisotopic (exact) mass is 357 g/mol. The lowest BCUT2D eigenvalue weighted by Gasteiger charge is -2.01. The maximum atomic E-state index is 11.5. The maximum Gasteiger partial charge on any atom is 0.357 e. The molecular weight excluding hydrogens is 346 g/mol. The summed E-state index contributed by atoms with van der Waals surface area (Å²) in [6.07, 6.45) is 0. The minimum atomic E-state index is -0.351. The van der Waals surface area contributed by atoms with Crippen LogP contribution in [0, 0.1) is 0 Å². The molecule has 1 heterocycles. The predicted molar refractivity (Wildman–Crippen MR) is 81.8 cm³/mol. The van der Waals surface area contributed by atoms with E-state index in [2.05, 4.69) is 27.0 Å². The van der Waals surface area contributed by atoms with Crippen LogP contribution >= 0.6 is 39.0 Å². The van der Waals surface area contributed by atoms with Gasteiger partial charge in [0, 0.05) is 14.7 Å². The first-order valence-corrected chi connectivity index (χ1v) is 8.35. The van der Waals surface area contributed by atoms with E-state index in [-0.39, 0.29) is 5.97 Å². The summed E-state index contributed by atoms with van der Waals surface area (Å²) in [7, 11) is 0. The van der Waals surface area contributed by atoms with Crippen LogP contribution in [-0.2, 0) is 10.5 Å². The first kappa shape index (κ1) is 14.6. The number of rotatable bonds is 5. The molecule has 100 valence electrons. The summed E-state index contributed by atoms with van der Waals surface area (Å²) >= 11 is 6.68. The van der Waals surface area contributed by atoms with E-state index in [4.69, 9.17) is 4.74 Å². The number of aromatic nitrogens is 1. The molecule has 0 N–H and O–H groups in total. The first-order chi connectivity index (χ1) is 9.20. The zero-order valence-electron chi connectivity index (χ0n) is 10.3. The van der Waals surface area contributed by atoms with Gasteiger partial charge in [-0.1, -0.05) is 12.1 Å². The predicted octanol–water partition coefficient (Wildman–Crippen LogP) is 4.37. The molecule has 0 aliphatic carbocycles. The van der Waals surface area contributed by atoms with Gasteiger partial charge in [0.2, 0.25) is 0 Å². The van der Waals surface area contributed by atoms with E-state index in [1.807, 2.05) is 18.2 Å². The molecular formula is C13H12BrNO2S2. The van der Waals surface area contributed by atoms with Crippen LogP contribution in [-0.4, -0.2) is 17.6 Å². The number of carbonyl (C=O) groups is 1. The fraction of sp³-hybridized carbons (Fsp3) is 0.231. The number of carbonyl (C=O) groups excluding carboxylic acids is 1. The molecule has 2 rings (SSSR count). The fourth-order valence-electron chi connectivity index (χ4n) is 1.38. The lowest BCUT2D eigenvalue weighted by molar-refractivity contribution is 0.0520. The number of thioether (sulfide) groups is 1. The molecule has 6 heteroatoms. The standard InChI is InChI=1S/C13H12BrNO2S2/c1-2-17-13(16)10-7-19-12(15-10)8-18-11-6-4-3-5-9(11)14/h3-7H,2,8H2,1H3. The van der Waals surface area contributed by atoms with Crippen molar-refractivity contribution in [2.24, 2.45) is 0 Å². The Hall–Kier alpha value is -0.850. The summed E-state index contributed by atoms with van der Waals surface area (Å²) < 4.78 is 5.99. The van der Waals surface area contributed by atoms with E-state index in [1.165, 1.54) is 11.3 Å². The van der Waals surface area contributed by atoms with Crippen LogP contribution in [0.5, 0.6) is 0 Å². The summed E-state index contributed by atoms with van der Waals surface area (Å²) in [5.41, 5.74) is 0.398. The Morgan fingerprint density at radius 2 is 2.26 bits per heavy atom. The molecule has 3 nitrogen and oxygen atoms in total. The van der Waals surface area contributed by atoms with Crippen molar-refractivity contribution in [2.75, 3.05) is 6.61 Å². The maximum absolute atomic E-state index is 11.5. The van der Waals surface area contributed by atoms with Crippen LogP contribution in [0.3, 0.4) is 0 Å². The Kier molecular flexibility index (Phi) is 5.42. The van der Waals surface area contributed by atoms with Gasteiger partial charge in [-0.05, 0) is 35.0 Å². The smallest absolute Gasteiger partial charge is 0.357 e. The Labute approximate surface area is 128 Å². The van der Waals surface area contributed by atoms with Crippen molar-refractivity contribution in [1.29, 1.82) is 0 Å². The lowest BCUT2D eigenvalue weighted by Crippen LogP contribution is -2.04. The number of ether oxygens (including phenoxy) is 1. The van der Waals surface area contributed by atoms with Crippen LogP contribution in [0.25, 0.3) is 0 Å². The summed E-state index contributed by atoms with van der Waals surface area (Å²) in [4.78, 5) is 16.9. The van der Waals surface area contributed by atoms with E-state index in [1.54, 1.807) is 24.1 Å². The number of hydrogen-bond acceptors (Lipinski definition) is 5. The van der Waals surface area contributed by atoms with Gasteiger partial charge in [-0.15, -0.1) is 23.1 Å². The molecule has 0 aliphatic heterocycles. The first-order valence-electron chi connectivity index (χ1n) is 5.69. The number of esters is 1. The average Bonchev–Trinajstić information content (AvgIpc) is 2.87. The highest BCUT2D eigenvalue weighted by Crippen LogP contribution is 2.30. The molecule has 0 saturated carbocycles. The molecule has 0 spiro atoms. The van der Waals surface area contributed by atoms with Crippen molar-refractivity contribution < 1.29 is 9.53 Å². The minimum Gasteiger partial charge on any atom is -0.461 e. The second-order valence-corrected chi connectivity index (χ2v) is 6.38. The molecule has 0 amide bonds. The van der Waals surface area contributed by atoms with E-state index < -0.39 is 0 Å². The largest absolute Gasteiger partial charge is 0.461 e. The molecule has 0 unspecified atom stereocenters. The van der Waals surface area contributed by atoms with Gasteiger partial charge in [0.25, 0.3) is 0 Å². The molecule has 19 heavy (non-hydrogen) atoms. The van der Waals surface area contributed by atoms with E-state index >= 15 is 0 Å². The third-order valence-electron chi connectivity index (χ3n) is 2.22. The van der Waals surface area contributed by atoms with Gasteiger partial charge in [0.05, 0.1) is 12.4 Å². The highest BCUT2D eigenvalue weighted by Gasteiger charge is 2.11. The van der Waals surface area contributed by atoms with Crippen molar-refractivity contribution in [2.45, 2.75) is 17.6 Å². The zero-order chi connectivity index (χ0) is 13.7. The average molecular weight is 358 g/mol. The Morgan fingerprint density at radius 3 is 3.00 bits per heavy atom. The van der Waals surface area contributed by atoms with Crippen LogP contribution in [0.15, 0.2) is 39.0 Å². The SMILES string of the molecule is CCOC(=O)c1csc(CSc2ccccc2Br)n1. The number of nitrogens with zero attached hydrogens (tertiary/aromatic N) is 1. The second kappa shape index (κ2) is 7.07. The third kappa shape index (κ3) is 4.06. The molecule has 0 saturated heterocycles. The summed E-state index contributed by atoms with van der Waals surface area (Å²) in [5.74, 6) is 0.392. The van der Waals surface area contributed by atoms with Crippen molar-refractivity contribution >= 4 is 45.0 Å². The highest BCUT2D eigenvalue weighted by molar-refractivity contribution is 9.10. The van der Waals surface area contributed by atoms with Crippen LogP contribution in [0.4, 0.5) is 0 Å². The van der Waals surface area contributed by atoms with Gasteiger partial charge in [-0.2, -0.15) is 0 Å². The van der Waals surface area contributed by atoms with Crippen molar-refractivity contribution in [3.05, 3.63) is 44.8 Å². The van der Waals surface area contributed by atoms with E-state index in [0.29, 0.717) is 12.3 Å². The van der Waals surface area contributed by atoms with E-state index in [0.717, 1.165) is 20.1 Å². The molecule has 2 aromatic rings. The summed E-state index contributed by atoms with van der Waals surface area (Å²) in [6.45, 7) is 2.16. The molecule has 1 aromatic heterocycles. The van der Waals surface area contributed by atoms with Gasteiger partial charge < -0.3 is 4.74 Å². The lowest BCUT2D eigenvalue weighted by atomic mass is 10.4. The molecule has 0 bridgehead atoms. The Balaban J connectivity index is 1.97. The van der Waals surface area contributed by atoms with Gasteiger partial charge in [0.1, 0.15) is 5.01 Å². The molecule has 0 aliphatic rings. The van der Waals surface area contributed by atoms with Crippen LogP contribution in [0.2, 0.25) is 0 Å². The Morgan fingerprint density at radius 1 is 1.47 bits per heavy atom. The number of thiazole rings is 1.